The van der Waals surface area contributed by atoms with Crippen LogP contribution in [0.5, 0.6) is 0 Å². The molecule has 3 aromatic rings. The third kappa shape index (κ3) is 3.50. The number of pyridine rings is 1. The molecule has 6 nitrogen and oxygen atoms in total. The van der Waals surface area contributed by atoms with Crippen molar-refractivity contribution in [2.24, 2.45) is 0 Å². The lowest BCUT2D eigenvalue weighted by Gasteiger charge is -2.14. The maximum Gasteiger partial charge on any atom is 0.160 e. The van der Waals surface area contributed by atoms with Crippen LogP contribution in [0.4, 0.5) is 28.8 Å². The van der Waals surface area contributed by atoms with E-state index < -0.39 is 0 Å². The molecule has 0 aliphatic carbocycles. The number of nitrogens with two attached hydrogens (primary N) is 1. The number of hydrogen-bond donors (Lipinski definition) is 3. The van der Waals surface area contributed by atoms with Gasteiger partial charge in [0, 0.05) is 11.2 Å². The Morgan fingerprint density at radius 2 is 1.71 bits per heavy atom. The molecule has 8 heteroatoms. The summed E-state index contributed by atoms with van der Waals surface area (Å²) in [5.41, 5.74) is 8.09. The number of nitrogens with one attached hydrogen (secondary N) is 2. The summed E-state index contributed by atoms with van der Waals surface area (Å²) in [5, 5.41) is 7.24. The van der Waals surface area contributed by atoms with Crippen LogP contribution in [0.15, 0.2) is 42.9 Å². The summed E-state index contributed by atoms with van der Waals surface area (Å²) in [4.78, 5) is 12.6. The largest absolute Gasteiger partial charge is 0.393 e. The average Bonchev–Trinajstić information content (AvgIpc) is 2.56. The van der Waals surface area contributed by atoms with E-state index in [9.17, 15) is 0 Å². The van der Waals surface area contributed by atoms with E-state index in [4.69, 9.17) is 28.9 Å². The van der Waals surface area contributed by atoms with E-state index in [0.717, 1.165) is 5.56 Å². The van der Waals surface area contributed by atoms with Gasteiger partial charge in [-0.25, -0.2) is 15.0 Å². The molecule has 0 radical (unpaired) electrons. The molecular weight excluding hydrogens is 347 g/mol. The summed E-state index contributed by atoms with van der Waals surface area (Å²) < 4.78 is 0. The summed E-state index contributed by atoms with van der Waals surface area (Å²) >= 11 is 12.2. The van der Waals surface area contributed by atoms with Gasteiger partial charge in [-0.2, -0.15) is 0 Å². The monoisotopic (exact) mass is 360 g/mol. The molecule has 0 amide bonds. The van der Waals surface area contributed by atoms with Gasteiger partial charge >= 0.3 is 0 Å². The summed E-state index contributed by atoms with van der Waals surface area (Å²) in [6.07, 6.45) is 3.09. The Morgan fingerprint density at radius 3 is 2.46 bits per heavy atom. The fourth-order valence-corrected chi connectivity index (χ4v) is 2.38. The van der Waals surface area contributed by atoms with E-state index in [1.165, 1.54) is 6.33 Å². The summed E-state index contributed by atoms with van der Waals surface area (Å²) in [7, 11) is 0. The van der Waals surface area contributed by atoms with Crippen LogP contribution in [-0.2, 0) is 0 Å². The summed E-state index contributed by atoms with van der Waals surface area (Å²) in [5.74, 6) is 1.55. The lowest BCUT2D eigenvalue weighted by atomic mass is 10.3. The number of aryl methyl sites for hydroxylation is 1. The summed E-state index contributed by atoms with van der Waals surface area (Å²) in [6.45, 7) is 1.94. The number of rotatable bonds is 4. The zero-order valence-electron chi connectivity index (χ0n) is 12.7. The van der Waals surface area contributed by atoms with Crippen molar-refractivity contribution in [2.45, 2.75) is 6.92 Å². The molecular formula is C16H14Cl2N6. The number of halogens is 2. The van der Waals surface area contributed by atoms with E-state index in [-0.39, 0.29) is 0 Å². The van der Waals surface area contributed by atoms with Gasteiger partial charge in [0.05, 0.1) is 10.7 Å². The second-order valence-corrected chi connectivity index (χ2v) is 5.87. The molecule has 0 fully saturated rings. The smallest absolute Gasteiger partial charge is 0.160 e. The average molecular weight is 361 g/mol. The van der Waals surface area contributed by atoms with Crippen molar-refractivity contribution >= 4 is 52.0 Å². The predicted molar refractivity (Wildman–Crippen MR) is 98.4 cm³/mol. The molecule has 24 heavy (non-hydrogen) atoms. The van der Waals surface area contributed by atoms with Crippen molar-refractivity contribution in [3.63, 3.8) is 0 Å². The Balaban J connectivity index is 1.91. The van der Waals surface area contributed by atoms with Crippen molar-refractivity contribution in [2.75, 3.05) is 16.4 Å². The van der Waals surface area contributed by atoms with Gasteiger partial charge < -0.3 is 16.4 Å². The minimum atomic E-state index is 0.346. The summed E-state index contributed by atoms with van der Waals surface area (Å²) in [6, 6.07) is 8.90. The lowest BCUT2D eigenvalue weighted by Crippen LogP contribution is -2.06. The number of nitrogens with zero attached hydrogens (tertiary/aromatic N) is 3. The van der Waals surface area contributed by atoms with Crippen molar-refractivity contribution in [1.29, 1.82) is 0 Å². The number of hydrogen-bond acceptors (Lipinski definition) is 6. The van der Waals surface area contributed by atoms with Crippen LogP contribution in [0.25, 0.3) is 0 Å². The molecule has 0 aliphatic rings. The number of benzene rings is 1. The zero-order valence-corrected chi connectivity index (χ0v) is 14.2. The molecule has 0 bridgehead atoms. The minimum absolute atomic E-state index is 0.346. The molecule has 0 spiro atoms. The molecule has 0 saturated carbocycles. The maximum atomic E-state index is 6.16. The van der Waals surface area contributed by atoms with Crippen molar-refractivity contribution in [3.8, 4) is 0 Å². The van der Waals surface area contributed by atoms with Crippen molar-refractivity contribution < 1.29 is 0 Å². The van der Waals surface area contributed by atoms with Gasteiger partial charge in [-0.1, -0.05) is 29.3 Å². The van der Waals surface area contributed by atoms with Gasteiger partial charge in [0.15, 0.2) is 11.6 Å². The molecule has 0 aliphatic heterocycles. The third-order valence-corrected chi connectivity index (χ3v) is 3.88. The highest BCUT2D eigenvalue weighted by Gasteiger charge is 2.11. The Morgan fingerprint density at radius 1 is 0.958 bits per heavy atom. The lowest BCUT2D eigenvalue weighted by molar-refractivity contribution is 1.15. The third-order valence-electron chi connectivity index (χ3n) is 3.31. The van der Waals surface area contributed by atoms with Crippen LogP contribution in [0.3, 0.4) is 0 Å². The van der Waals surface area contributed by atoms with Gasteiger partial charge in [-0.15, -0.1) is 0 Å². The normalized spacial score (nSPS) is 10.5. The molecule has 2 heterocycles. The second-order valence-electron chi connectivity index (χ2n) is 5.03. The van der Waals surface area contributed by atoms with Gasteiger partial charge in [0.2, 0.25) is 0 Å². The zero-order chi connectivity index (χ0) is 17.1. The quantitative estimate of drug-likeness (QED) is 0.632. The molecule has 1 aromatic carbocycles. The Labute approximate surface area is 149 Å². The molecule has 3 rings (SSSR count). The van der Waals surface area contributed by atoms with Crippen molar-refractivity contribution in [3.05, 3.63) is 58.5 Å². The van der Waals surface area contributed by atoms with Crippen LogP contribution in [-0.4, -0.2) is 15.0 Å². The van der Waals surface area contributed by atoms with E-state index in [0.29, 0.717) is 38.9 Å². The van der Waals surface area contributed by atoms with Crippen LogP contribution < -0.4 is 16.4 Å². The van der Waals surface area contributed by atoms with Gasteiger partial charge in [-0.05, 0) is 36.8 Å². The highest BCUT2D eigenvalue weighted by molar-refractivity contribution is 6.35. The fourth-order valence-electron chi connectivity index (χ4n) is 2.04. The Kier molecular flexibility index (Phi) is 4.69. The first-order valence-corrected chi connectivity index (χ1v) is 7.81. The SMILES string of the molecule is Cc1cccnc1Nc1ncnc(Nc2cc(Cl)ccc2Cl)c1N. The predicted octanol–water partition coefficient (Wildman–Crippen LogP) is 4.56. The molecule has 2 aromatic heterocycles. The van der Waals surface area contributed by atoms with Gasteiger partial charge in [0.25, 0.3) is 0 Å². The van der Waals surface area contributed by atoms with Crippen LogP contribution >= 0.6 is 23.2 Å². The van der Waals surface area contributed by atoms with E-state index in [1.54, 1.807) is 24.4 Å². The first-order valence-electron chi connectivity index (χ1n) is 7.06. The number of aromatic nitrogens is 3. The topological polar surface area (TPSA) is 88.8 Å². The Bertz CT molecular complexity index is 884. The Hall–Kier alpha value is -2.57. The molecule has 0 saturated heterocycles. The van der Waals surface area contributed by atoms with E-state index in [2.05, 4.69) is 25.6 Å². The van der Waals surface area contributed by atoms with Gasteiger partial charge in [0.1, 0.15) is 17.8 Å². The molecule has 0 atom stereocenters. The van der Waals surface area contributed by atoms with E-state index in [1.807, 2.05) is 19.1 Å². The van der Waals surface area contributed by atoms with Gasteiger partial charge in [-0.3, -0.25) is 0 Å². The first kappa shape index (κ1) is 16.3. The van der Waals surface area contributed by atoms with Crippen LogP contribution in [0, 0.1) is 6.92 Å². The fraction of sp³-hybridized carbons (Fsp3) is 0.0625. The van der Waals surface area contributed by atoms with Crippen LogP contribution in [0.2, 0.25) is 10.0 Å². The number of anilines is 5. The molecule has 4 N–H and O–H groups in total. The van der Waals surface area contributed by atoms with E-state index >= 15 is 0 Å². The molecule has 122 valence electrons. The maximum absolute atomic E-state index is 6.16. The number of nitrogen functional groups attached to an aromatic ring is 1. The van der Waals surface area contributed by atoms with Crippen LogP contribution in [0.1, 0.15) is 5.56 Å². The highest BCUT2D eigenvalue weighted by atomic mass is 35.5. The highest BCUT2D eigenvalue weighted by Crippen LogP contribution is 2.32. The van der Waals surface area contributed by atoms with Crippen molar-refractivity contribution in [1.82, 2.24) is 15.0 Å². The molecule has 0 unspecified atom stereocenters. The first-order chi connectivity index (χ1) is 11.5. The standard InChI is InChI=1S/C16H14Cl2N6/c1-9-3-2-6-20-14(9)24-16-13(19)15(21-8-22-16)23-12-7-10(17)4-5-11(12)18/h2-8H,19H2,1H3,(H2,20,21,22,23,24). The minimum Gasteiger partial charge on any atom is -0.393 e. The second kappa shape index (κ2) is 6.90.